The molecule has 1 aliphatic heterocycles. The number of anilines is 2. The van der Waals surface area contributed by atoms with Gasteiger partial charge in [0.15, 0.2) is 0 Å². The van der Waals surface area contributed by atoms with Crippen molar-refractivity contribution >= 4 is 35.0 Å². The molecule has 2 aliphatic rings. The molecule has 0 radical (unpaired) electrons. The van der Waals surface area contributed by atoms with Gasteiger partial charge in [0.05, 0.1) is 30.7 Å². The molecule has 4 aromatic rings. The Morgan fingerprint density at radius 2 is 1.93 bits per heavy atom. The van der Waals surface area contributed by atoms with E-state index < -0.39 is 17.6 Å². The van der Waals surface area contributed by atoms with Crippen molar-refractivity contribution in [3.8, 4) is 11.3 Å². The number of hydrogen-bond donors (Lipinski definition) is 3. The van der Waals surface area contributed by atoms with E-state index in [-0.39, 0.29) is 29.2 Å². The Bertz CT molecular complexity index is 1750. The van der Waals surface area contributed by atoms with E-state index in [2.05, 4.69) is 20.6 Å². The minimum atomic E-state index is -4.56. The number of fused-ring (bicyclic) bond motifs is 3. The van der Waals surface area contributed by atoms with Gasteiger partial charge in [0.25, 0.3) is 5.91 Å². The molecule has 13 heteroatoms. The van der Waals surface area contributed by atoms with Crippen LogP contribution < -0.4 is 16.4 Å². The number of ether oxygens (including phenoxy) is 1. The van der Waals surface area contributed by atoms with Crippen LogP contribution in [-0.2, 0) is 15.7 Å². The van der Waals surface area contributed by atoms with Crippen LogP contribution in [0.25, 0.3) is 22.9 Å². The fraction of sp³-hybridized carbons (Fsp3) is 0.344. The van der Waals surface area contributed by atoms with Crippen LogP contribution in [0.5, 0.6) is 0 Å². The Morgan fingerprint density at radius 1 is 1.11 bits per heavy atom. The number of halogens is 3. The fourth-order valence-corrected chi connectivity index (χ4v) is 5.90. The van der Waals surface area contributed by atoms with Gasteiger partial charge < -0.3 is 21.1 Å². The van der Waals surface area contributed by atoms with Crippen molar-refractivity contribution in [2.24, 2.45) is 0 Å². The maximum atomic E-state index is 13.1. The third kappa shape index (κ3) is 6.68. The van der Waals surface area contributed by atoms with Crippen LogP contribution in [-0.4, -0.2) is 50.4 Å². The van der Waals surface area contributed by atoms with E-state index in [1.165, 1.54) is 0 Å². The Morgan fingerprint density at radius 3 is 2.73 bits per heavy atom. The van der Waals surface area contributed by atoms with Gasteiger partial charge in [-0.1, -0.05) is 24.6 Å². The van der Waals surface area contributed by atoms with Gasteiger partial charge in [0.2, 0.25) is 5.91 Å². The molecule has 0 unspecified atom stereocenters. The fourth-order valence-electron chi connectivity index (χ4n) is 5.90. The van der Waals surface area contributed by atoms with E-state index in [0.29, 0.717) is 48.6 Å². The van der Waals surface area contributed by atoms with Crippen LogP contribution in [0.2, 0.25) is 0 Å². The average molecular weight is 620 g/mol. The Kier molecular flexibility index (Phi) is 8.52. The van der Waals surface area contributed by atoms with Crippen molar-refractivity contribution in [3.05, 3.63) is 77.5 Å². The number of amides is 2. The second kappa shape index (κ2) is 12.7. The van der Waals surface area contributed by atoms with Gasteiger partial charge in [-0.05, 0) is 56.0 Å². The molecule has 3 aromatic heterocycles. The average Bonchev–Trinajstić information content (AvgIpc) is 3.43. The topological polar surface area (TPSA) is 137 Å². The number of rotatable bonds is 3. The van der Waals surface area contributed by atoms with Gasteiger partial charge in [-0.25, -0.2) is 15.0 Å². The second-order valence-corrected chi connectivity index (χ2v) is 11.2. The SMILES string of the molecule is Nc1ncc2n3c(nc(-c4ccc(C(=O)Nc5cc(C(F)(F)F)ccn5)cc4)c13)[C@@H]1CCC[C@H](C1)NC(=O)CCOCCC=C2. The standard InChI is InChI=1S/C32H32F3N7O3/c33-32(34,35)22-11-13-37-25(17-22)40-31(44)20-9-7-19(8-10-20)27-28-29(36)38-18-24-6-1-2-14-45-15-12-26(43)39-23-5-3-4-21(16-23)30(41-27)42(24)28/h1,6-11,13,17-18,21,23H,2-5,12,14-16H2,(H2,36,38)(H,39,43)(H,37,40,44)/t21-,23-/m1/s1. The third-order valence-electron chi connectivity index (χ3n) is 8.08. The smallest absolute Gasteiger partial charge is 0.382 e. The molecule has 10 nitrogen and oxygen atoms in total. The van der Waals surface area contributed by atoms with E-state index in [9.17, 15) is 22.8 Å². The molecule has 4 heterocycles. The number of carbonyl (C=O) groups excluding carboxylic acids is 2. The quantitative estimate of drug-likeness (QED) is 0.271. The minimum Gasteiger partial charge on any atom is -0.382 e. The minimum absolute atomic E-state index is 0.0134. The molecular weight excluding hydrogens is 587 g/mol. The lowest BCUT2D eigenvalue weighted by molar-refractivity contribution is -0.137. The summed E-state index contributed by atoms with van der Waals surface area (Å²) < 4.78 is 47.0. The maximum absolute atomic E-state index is 13.1. The molecule has 1 aliphatic carbocycles. The summed E-state index contributed by atoms with van der Waals surface area (Å²) in [5.41, 5.74) is 8.50. The van der Waals surface area contributed by atoms with Crippen LogP contribution in [0.3, 0.4) is 0 Å². The van der Waals surface area contributed by atoms with Gasteiger partial charge in [-0.15, -0.1) is 0 Å². The summed E-state index contributed by atoms with van der Waals surface area (Å²) in [6.45, 7) is 0.851. The van der Waals surface area contributed by atoms with Crippen molar-refractivity contribution in [2.45, 2.75) is 56.7 Å². The molecule has 1 saturated carbocycles. The number of imidazole rings is 1. The van der Waals surface area contributed by atoms with E-state index in [0.717, 1.165) is 55.5 Å². The number of nitrogens with two attached hydrogens (primary N) is 1. The van der Waals surface area contributed by atoms with Crippen molar-refractivity contribution in [1.29, 1.82) is 0 Å². The van der Waals surface area contributed by atoms with Gasteiger partial charge in [0, 0.05) is 35.7 Å². The number of hydrogen-bond acceptors (Lipinski definition) is 7. The van der Waals surface area contributed by atoms with E-state index in [1.54, 1.807) is 30.5 Å². The zero-order chi connectivity index (χ0) is 31.6. The van der Waals surface area contributed by atoms with Crippen LogP contribution in [0.1, 0.15) is 71.9 Å². The van der Waals surface area contributed by atoms with Crippen LogP contribution in [0.15, 0.2) is 54.9 Å². The molecule has 234 valence electrons. The predicted octanol–water partition coefficient (Wildman–Crippen LogP) is 5.61. The molecule has 6 rings (SSSR count). The Balaban J connectivity index is 1.35. The Labute approximate surface area is 256 Å². The summed E-state index contributed by atoms with van der Waals surface area (Å²) in [6.07, 6.45) is 6.49. The van der Waals surface area contributed by atoms with Crippen molar-refractivity contribution < 1.29 is 27.5 Å². The zero-order valence-corrected chi connectivity index (χ0v) is 24.3. The Hall–Kier alpha value is -4.78. The first-order valence-electron chi connectivity index (χ1n) is 14.8. The summed E-state index contributed by atoms with van der Waals surface area (Å²) in [7, 11) is 0. The number of pyridine rings is 1. The van der Waals surface area contributed by atoms with E-state index in [1.807, 2.05) is 16.6 Å². The molecule has 0 spiro atoms. The molecule has 1 aromatic carbocycles. The van der Waals surface area contributed by atoms with Gasteiger partial charge >= 0.3 is 6.18 Å². The second-order valence-electron chi connectivity index (χ2n) is 11.2. The zero-order valence-electron chi connectivity index (χ0n) is 24.3. The number of carbonyl (C=O) groups is 2. The first-order chi connectivity index (χ1) is 21.7. The van der Waals surface area contributed by atoms with E-state index in [4.69, 9.17) is 15.5 Å². The summed E-state index contributed by atoms with van der Waals surface area (Å²) in [5, 5.41) is 5.59. The summed E-state index contributed by atoms with van der Waals surface area (Å²) in [6, 6.07) is 8.21. The highest BCUT2D eigenvalue weighted by Crippen LogP contribution is 2.38. The molecule has 2 amide bonds. The molecule has 1 fully saturated rings. The predicted molar refractivity (Wildman–Crippen MR) is 162 cm³/mol. The van der Waals surface area contributed by atoms with Gasteiger partial charge in [-0.3, -0.25) is 14.0 Å². The third-order valence-corrected chi connectivity index (χ3v) is 8.08. The number of aromatic nitrogens is 4. The largest absolute Gasteiger partial charge is 0.416 e. The molecule has 2 atom stereocenters. The summed E-state index contributed by atoms with van der Waals surface area (Å²) >= 11 is 0. The van der Waals surface area contributed by atoms with Crippen molar-refractivity contribution in [1.82, 2.24) is 24.7 Å². The summed E-state index contributed by atoms with van der Waals surface area (Å²) in [5.74, 6) is 0.316. The van der Waals surface area contributed by atoms with Crippen molar-refractivity contribution in [2.75, 3.05) is 24.3 Å². The van der Waals surface area contributed by atoms with E-state index >= 15 is 0 Å². The van der Waals surface area contributed by atoms with Gasteiger partial charge in [-0.2, -0.15) is 13.2 Å². The first kappa shape index (κ1) is 30.3. The number of nitrogens with one attached hydrogen (secondary N) is 2. The highest BCUT2D eigenvalue weighted by Gasteiger charge is 2.32. The van der Waals surface area contributed by atoms with Crippen molar-refractivity contribution in [3.63, 3.8) is 0 Å². The maximum Gasteiger partial charge on any atom is 0.416 e. The van der Waals surface area contributed by atoms with Crippen LogP contribution >= 0.6 is 0 Å². The first-order valence-corrected chi connectivity index (χ1v) is 14.8. The van der Waals surface area contributed by atoms with Gasteiger partial charge in [0.1, 0.15) is 28.7 Å². The highest BCUT2D eigenvalue weighted by molar-refractivity contribution is 6.04. The van der Waals surface area contributed by atoms with Crippen LogP contribution in [0.4, 0.5) is 24.8 Å². The number of nitrogen functional groups attached to an aromatic ring is 1. The molecule has 2 bridgehead atoms. The highest BCUT2D eigenvalue weighted by atomic mass is 19.4. The number of benzene rings is 1. The monoisotopic (exact) mass is 619 g/mol. The lowest BCUT2D eigenvalue weighted by atomic mass is 9.85. The lowest BCUT2D eigenvalue weighted by Gasteiger charge is -2.29. The van der Waals surface area contributed by atoms with Crippen LogP contribution in [0, 0.1) is 0 Å². The summed E-state index contributed by atoms with van der Waals surface area (Å²) in [4.78, 5) is 38.8. The number of nitrogens with zero attached hydrogens (tertiary/aromatic N) is 4. The number of alkyl halides is 3. The normalized spacial score (nSPS) is 19.4. The molecular formula is C32H32F3N7O3. The molecule has 45 heavy (non-hydrogen) atoms. The molecule has 0 saturated heterocycles. The lowest BCUT2D eigenvalue weighted by Crippen LogP contribution is -2.38. The molecule has 4 N–H and O–H groups in total.